The minimum atomic E-state index is -0.967. The van der Waals surface area contributed by atoms with Crippen molar-refractivity contribution in [2.75, 3.05) is 0 Å². The Balaban J connectivity index is 0.000000847. The van der Waals surface area contributed by atoms with Crippen molar-refractivity contribution in [3.63, 3.8) is 0 Å². The van der Waals surface area contributed by atoms with E-state index in [0.29, 0.717) is 11.4 Å². The van der Waals surface area contributed by atoms with Gasteiger partial charge >= 0.3 is 5.97 Å². The second-order valence-corrected chi connectivity index (χ2v) is 4.35. The van der Waals surface area contributed by atoms with E-state index in [-0.39, 0.29) is 5.56 Å². The van der Waals surface area contributed by atoms with Crippen LogP contribution < -0.4 is 5.48 Å². The molecule has 114 valence electrons. The summed E-state index contributed by atoms with van der Waals surface area (Å²) in [5.74, 6) is -0.437. The zero-order chi connectivity index (χ0) is 15.9. The van der Waals surface area contributed by atoms with Crippen LogP contribution >= 0.6 is 0 Å². The summed E-state index contributed by atoms with van der Waals surface area (Å²) in [5, 5.41) is 8.99. The van der Waals surface area contributed by atoms with E-state index in [2.05, 4.69) is 10.5 Å². The fourth-order valence-corrected chi connectivity index (χ4v) is 1.97. The third-order valence-electron chi connectivity index (χ3n) is 2.98. The molecule has 0 saturated heterocycles. The Bertz CT molecular complexity index is 669. The summed E-state index contributed by atoms with van der Waals surface area (Å²) in [6, 6.07) is 16.2. The summed E-state index contributed by atoms with van der Waals surface area (Å²) in [5.41, 5.74) is 4.58. The van der Waals surface area contributed by atoms with Crippen molar-refractivity contribution in [2.45, 2.75) is 20.1 Å². The average molecular weight is 298 g/mol. The number of carbonyl (C=O) groups is 1. The summed E-state index contributed by atoms with van der Waals surface area (Å²) < 4.78 is 0. The van der Waals surface area contributed by atoms with E-state index in [1.165, 1.54) is 6.07 Å². The smallest absolute Gasteiger partial charge is 0.335 e. The summed E-state index contributed by atoms with van der Waals surface area (Å²) >= 11 is 0. The van der Waals surface area contributed by atoms with E-state index < -0.39 is 12.2 Å². The molecule has 22 heavy (non-hydrogen) atoms. The Morgan fingerprint density at radius 2 is 1.86 bits per heavy atom. The van der Waals surface area contributed by atoms with E-state index >= 15 is 0 Å². The second kappa shape index (κ2) is 7.38. The Hall–Kier alpha value is -2.66. The molecule has 2 N–H and O–H groups in total. The first-order chi connectivity index (χ1) is 10.7. The number of rotatable bonds is 3. The Kier molecular flexibility index (Phi) is 5.27. The largest absolute Gasteiger partial charge is 0.478 e. The van der Waals surface area contributed by atoms with Gasteiger partial charge in [-0.05, 0) is 12.1 Å². The van der Waals surface area contributed by atoms with E-state index in [4.69, 9.17) is 9.94 Å². The highest BCUT2D eigenvalue weighted by molar-refractivity contribution is 6.01. The SMILES string of the molecule is CC.O=C(O)c1cccc(C2=NC(c3ccccc3)ON2)c1. The van der Waals surface area contributed by atoms with Gasteiger partial charge in [-0.25, -0.2) is 20.1 Å². The number of aromatic carboxylic acids is 1. The third-order valence-corrected chi connectivity index (χ3v) is 2.98. The molecule has 1 aliphatic heterocycles. The van der Waals surface area contributed by atoms with Crippen LogP contribution in [0.1, 0.15) is 41.6 Å². The predicted molar refractivity (Wildman–Crippen MR) is 84.7 cm³/mol. The third kappa shape index (κ3) is 3.51. The van der Waals surface area contributed by atoms with Crippen LogP contribution in [-0.2, 0) is 4.84 Å². The van der Waals surface area contributed by atoms with Gasteiger partial charge in [-0.3, -0.25) is 0 Å². The van der Waals surface area contributed by atoms with Gasteiger partial charge in [0.25, 0.3) is 0 Å². The molecule has 1 aliphatic rings. The van der Waals surface area contributed by atoms with Gasteiger partial charge in [0.05, 0.1) is 5.56 Å². The molecule has 0 fully saturated rings. The maximum absolute atomic E-state index is 11.0. The number of hydrogen-bond donors (Lipinski definition) is 2. The molecule has 5 nitrogen and oxygen atoms in total. The fourth-order valence-electron chi connectivity index (χ4n) is 1.97. The molecular weight excluding hydrogens is 280 g/mol. The topological polar surface area (TPSA) is 70.9 Å². The van der Waals surface area contributed by atoms with Crippen LogP contribution in [-0.4, -0.2) is 16.9 Å². The summed E-state index contributed by atoms with van der Waals surface area (Å²) in [4.78, 5) is 20.8. The van der Waals surface area contributed by atoms with Crippen molar-refractivity contribution in [3.8, 4) is 0 Å². The standard InChI is InChI=1S/C15H12N2O3.C2H6/c18-15(19)12-8-4-7-11(9-12)13-16-14(20-17-13)10-5-2-1-3-6-10;1-2/h1-9,14H,(H,16,17)(H,18,19);1-2H3. The number of amidine groups is 1. The molecule has 0 radical (unpaired) electrons. The first kappa shape index (κ1) is 15.7. The van der Waals surface area contributed by atoms with Gasteiger partial charge in [-0.1, -0.05) is 56.3 Å². The Labute approximate surface area is 129 Å². The van der Waals surface area contributed by atoms with Crippen molar-refractivity contribution in [2.24, 2.45) is 4.99 Å². The van der Waals surface area contributed by atoms with Crippen LogP contribution in [0.2, 0.25) is 0 Å². The van der Waals surface area contributed by atoms with Gasteiger partial charge in [-0.15, -0.1) is 0 Å². The maximum Gasteiger partial charge on any atom is 0.335 e. The molecule has 0 saturated carbocycles. The fraction of sp³-hybridized carbons (Fsp3) is 0.176. The molecule has 0 aliphatic carbocycles. The Morgan fingerprint density at radius 1 is 1.14 bits per heavy atom. The maximum atomic E-state index is 11.0. The van der Waals surface area contributed by atoms with Crippen LogP contribution in [0.25, 0.3) is 0 Å². The van der Waals surface area contributed by atoms with Crippen molar-refractivity contribution in [1.29, 1.82) is 0 Å². The molecule has 3 rings (SSSR count). The molecule has 5 heteroatoms. The zero-order valence-corrected chi connectivity index (χ0v) is 12.5. The van der Waals surface area contributed by atoms with Gasteiger partial charge in [0.2, 0.25) is 6.23 Å². The van der Waals surface area contributed by atoms with E-state index in [0.717, 1.165) is 5.56 Å². The minimum absolute atomic E-state index is 0.218. The molecule has 0 amide bonds. The van der Waals surface area contributed by atoms with Crippen molar-refractivity contribution < 1.29 is 14.7 Å². The van der Waals surface area contributed by atoms with Crippen LogP contribution in [0, 0.1) is 0 Å². The lowest BCUT2D eigenvalue weighted by atomic mass is 10.1. The number of nitrogens with zero attached hydrogens (tertiary/aromatic N) is 1. The van der Waals surface area contributed by atoms with Crippen LogP contribution in [0.15, 0.2) is 59.6 Å². The quantitative estimate of drug-likeness (QED) is 0.911. The van der Waals surface area contributed by atoms with Gasteiger partial charge in [0, 0.05) is 11.1 Å². The molecular formula is C17H18N2O3. The highest BCUT2D eigenvalue weighted by Gasteiger charge is 2.21. The number of carboxylic acids is 1. The molecule has 0 bridgehead atoms. The molecule has 1 unspecified atom stereocenters. The Morgan fingerprint density at radius 3 is 2.55 bits per heavy atom. The summed E-state index contributed by atoms with van der Waals surface area (Å²) in [6.07, 6.45) is -0.417. The number of carboxylic acid groups (broad SMARTS) is 1. The number of hydrogen-bond acceptors (Lipinski definition) is 4. The van der Waals surface area contributed by atoms with Gasteiger partial charge in [0.15, 0.2) is 5.84 Å². The lowest BCUT2D eigenvalue weighted by Crippen LogP contribution is -2.18. The molecule has 2 aromatic rings. The van der Waals surface area contributed by atoms with E-state index in [1.807, 2.05) is 44.2 Å². The van der Waals surface area contributed by atoms with Gasteiger partial charge in [0.1, 0.15) is 0 Å². The normalized spacial score (nSPS) is 16.1. The van der Waals surface area contributed by atoms with Crippen LogP contribution in [0.4, 0.5) is 0 Å². The first-order valence-electron chi connectivity index (χ1n) is 7.12. The molecule has 0 spiro atoms. The van der Waals surface area contributed by atoms with Crippen LogP contribution in [0.3, 0.4) is 0 Å². The molecule has 0 aromatic heterocycles. The highest BCUT2D eigenvalue weighted by Crippen LogP contribution is 2.23. The van der Waals surface area contributed by atoms with Crippen LogP contribution in [0.5, 0.6) is 0 Å². The first-order valence-corrected chi connectivity index (χ1v) is 7.12. The summed E-state index contributed by atoms with van der Waals surface area (Å²) in [7, 11) is 0. The lowest BCUT2D eigenvalue weighted by Gasteiger charge is -2.04. The van der Waals surface area contributed by atoms with Gasteiger partial charge in [-0.2, -0.15) is 0 Å². The summed E-state index contributed by atoms with van der Waals surface area (Å²) in [6.45, 7) is 4.00. The molecule has 1 atom stereocenters. The second-order valence-electron chi connectivity index (χ2n) is 4.35. The van der Waals surface area contributed by atoms with E-state index in [9.17, 15) is 4.79 Å². The number of benzene rings is 2. The van der Waals surface area contributed by atoms with Crippen molar-refractivity contribution in [3.05, 3.63) is 71.3 Å². The highest BCUT2D eigenvalue weighted by atomic mass is 16.7. The van der Waals surface area contributed by atoms with E-state index in [1.54, 1.807) is 18.2 Å². The van der Waals surface area contributed by atoms with Crippen molar-refractivity contribution >= 4 is 11.8 Å². The zero-order valence-electron chi connectivity index (χ0n) is 12.5. The number of aliphatic imine (C=N–C) groups is 1. The lowest BCUT2D eigenvalue weighted by molar-refractivity contribution is 0.0377. The molecule has 1 heterocycles. The predicted octanol–water partition coefficient (Wildman–Crippen LogP) is 3.39. The molecule has 2 aromatic carbocycles. The van der Waals surface area contributed by atoms with Crippen molar-refractivity contribution in [1.82, 2.24) is 5.48 Å². The number of nitrogens with one attached hydrogen (secondary N) is 1. The minimum Gasteiger partial charge on any atom is -0.478 e. The van der Waals surface area contributed by atoms with Gasteiger partial charge < -0.3 is 5.11 Å². The average Bonchev–Trinajstić information content (AvgIpc) is 3.08. The monoisotopic (exact) mass is 298 g/mol. The number of hydroxylamine groups is 1.